The molecule has 162 valence electrons. The molecule has 3 rings (SSSR count). The molecule has 4 N–H and O–H groups in total. The van der Waals surface area contributed by atoms with E-state index in [1.165, 1.54) is 11.8 Å². The van der Waals surface area contributed by atoms with Crippen LogP contribution < -0.4 is 21.1 Å². The van der Waals surface area contributed by atoms with Crippen LogP contribution in [0.3, 0.4) is 0 Å². The van der Waals surface area contributed by atoms with Crippen LogP contribution in [-0.4, -0.2) is 33.2 Å². The molecule has 1 unspecified atom stereocenters. The molecular weight excluding hydrogens is 436 g/mol. The first-order valence-electron chi connectivity index (χ1n) is 9.49. The average molecular weight is 459 g/mol. The number of ether oxygens (including phenoxy) is 1. The summed E-state index contributed by atoms with van der Waals surface area (Å²) in [6, 6.07) is 14.8. The molecule has 8 nitrogen and oxygen atoms in total. The van der Waals surface area contributed by atoms with Crippen LogP contribution in [0.2, 0.25) is 5.02 Å². The van der Waals surface area contributed by atoms with Gasteiger partial charge in [-0.15, -0.1) is 11.8 Å². The second kappa shape index (κ2) is 10.8. The number of carbonyl (C=O) groups is 1. The SMILES string of the molecule is COc1ccccc1Nc1nc(N)nc(CSC(C)C(=O)NCc2ccccc2Cl)n1. The topological polar surface area (TPSA) is 115 Å². The quantitative estimate of drug-likeness (QED) is 0.443. The normalized spacial score (nSPS) is 11.6. The average Bonchev–Trinajstić information content (AvgIpc) is 2.76. The van der Waals surface area contributed by atoms with Crippen molar-refractivity contribution >= 4 is 46.9 Å². The lowest BCUT2D eigenvalue weighted by Crippen LogP contribution is -2.30. The van der Waals surface area contributed by atoms with Gasteiger partial charge in [-0.05, 0) is 30.7 Å². The van der Waals surface area contributed by atoms with Gasteiger partial charge in [0.25, 0.3) is 0 Å². The number of nitrogens with zero attached hydrogens (tertiary/aromatic N) is 3. The molecule has 0 aliphatic rings. The molecule has 2 aromatic carbocycles. The summed E-state index contributed by atoms with van der Waals surface area (Å²) < 4.78 is 5.32. The van der Waals surface area contributed by atoms with E-state index < -0.39 is 0 Å². The van der Waals surface area contributed by atoms with Gasteiger partial charge in [0, 0.05) is 11.6 Å². The van der Waals surface area contributed by atoms with Gasteiger partial charge in [-0.2, -0.15) is 15.0 Å². The lowest BCUT2D eigenvalue weighted by Gasteiger charge is -2.13. The number of thioether (sulfide) groups is 1. The number of halogens is 1. The third-order valence-electron chi connectivity index (χ3n) is 4.30. The minimum Gasteiger partial charge on any atom is -0.495 e. The molecule has 0 fully saturated rings. The minimum absolute atomic E-state index is 0.0961. The molecule has 0 spiro atoms. The van der Waals surface area contributed by atoms with Crippen molar-refractivity contribution in [3.05, 3.63) is 64.9 Å². The van der Waals surface area contributed by atoms with Crippen LogP contribution in [0.4, 0.5) is 17.6 Å². The molecular formula is C21H23ClN6O2S. The van der Waals surface area contributed by atoms with Gasteiger partial charge in [0.05, 0.1) is 23.8 Å². The van der Waals surface area contributed by atoms with E-state index in [0.717, 1.165) is 5.56 Å². The molecule has 0 saturated heterocycles. The summed E-state index contributed by atoms with van der Waals surface area (Å²) in [6.45, 7) is 2.19. The number of rotatable bonds is 9. The number of hydrogen-bond acceptors (Lipinski definition) is 8. The molecule has 1 atom stereocenters. The summed E-state index contributed by atoms with van der Waals surface area (Å²) in [5.74, 6) is 1.83. The molecule has 1 heterocycles. The van der Waals surface area contributed by atoms with Crippen molar-refractivity contribution in [1.82, 2.24) is 20.3 Å². The fourth-order valence-corrected chi connectivity index (χ4v) is 3.64. The second-order valence-electron chi connectivity index (χ2n) is 6.52. The summed E-state index contributed by atoms with van der Waals surface area (Å²) in [7, 11) is 1.59. The number of para-hydroxylation sites is 2. The van der Waals surface area contributed by atoms with Crippen LogP contribution in [-0.2, 0) is 17.1 Å². The maximum atomic E-state index is 12.4. The Morgan fingerprint density at radius 1 is 1.16 bits per heavy atom. The van der Waals surface area contributed by atoms with E-state index in [0.29, 0.717) is 40.5 Å². The first-order chi connectivity index (χ1) is 15.0. The maximum absolute atomic E-state index is 12.4. The standard InChI is InChI=1S/C21H23ClN6O2S/c1-13(19(29)24-11-14-7-3-4-8-15(14)22)31-12-18-26-20(23)28-21(27-18)25-16-9-5-6-10-17(16)30-2/h3-10,13H,11-12H2,1-2H3,(H,24,29)(H3,23,25,26,27,28). The van der Waals surface area contributed by atoms with Crippen molar-refractivity contribution in [3.63, 3.8) is 0 Å². The molecule has 10 heteroatoms. The van der Waals surface area contributed by atoms with E-state index in [2.05, 4.69) is 25.6 Å². The Labute approximate surface area is 190 Å². The fourth-order valence-electron chi connectivity index (χ4n) is 2.67. The van der Waals surface area contributed by atoms with E-state index in [9.17, 15) is 4.79 Å². The molecule has 0 aliphatic heterocycles. The largest absolute Gasteiger partial charge is 0.495 e. The van der Waals surface area contributed by atoms with Gasteiger partial charge >= 0.3 is 0 Å². The molecule has 0 aliphatic carbocycles. The van der Waals surface area contributed by atoms with E-state index >= 15 is 0 Å². The second-order valence-corrected chi connectivity index (χ2v) is 8.26. The van der Waals surface area contributed by atoms with Crippen LogP contribution in [0, 0.1) is 0 Å². The van der Waals surface area contributed by atoms with Gasteiger partial charge < -0.3 is 21.1 Å². The summed E-state index contributed by atoms with van der Waals surface area (Å²) in [6.07, 6.45) is 0. The maximum Gasteiger partial charge on any atom is 0.233 e. The number of anilines is 3. The zero-order valence-corrected chi connectivity index (χ0v) is 18.7. The smallest absolute Gasteiger partial charge is 0.233 e. The molecule has 31 heavy (non-hydrogen) atoms. The third kappa shape index (κ3) is 6.47. The molecule has 1 amide bonds. The predicted octanol–water partition coefficient (Wildman–Crippen LogP) is 3.80. The van der Waals surface area contributed by atoms with Crippen LogP contribution in [0.5, 0.6) is 5.75 Å². The van der Waals surface area contributed by atoms with Crippen molar-refractivity contribution in [1.29, 1.82) is 0 Å². The highest BCUT2D eigenvalue weighted by Crippen LogP contribution is 2.26. The monoisotopic (exact) mass is 458 g/mol. The van der Waals surface area contributed by atoms with Crippen LogP contribution >= 0.6 is 23.4 Å². The summed E-state index contributed by atoms with van der Waals surface area (Å²) >= 11 is 7.53. The Hall–Kier alpha value is -3.04. The Morgan fingerprint density at radius 3 is 2.68 bits per heavy atom. The number of benzene rings is 2. The number of nitrogens with two attached hydrogens (primary N) is 1. The van der Waals surface area contributed by atoms with Crippen molar-refractivity contribution < 1.29 is 9.53 Å². The highest BCUT2D eigenvalue weighted by atomic mass is 35.5. The molecule has 0 radical (unpaired) electrons. The Balaban J connectivity index is 1.58. The van der Waals surface area contributed by atoms with Gasteiger partial charge in [0.1, 0.15) is 11.6 Å². The Bertz CT molecular complexity index is 1050. The van der Waals surface area contributed by atoms with Crippen molar-refractivity contribution in [3.8, 4) is 5.75 Å². The summed E-state index contributed by atoms with van der Waals surface area (Å²) in [5.41, 5.74) is 7.42. The van der Waals surface area contributed by atoms with Crippen LogP contribution in [0.1, 0.15) is 18.3 Å². The lowest BCUT2D eigenvalue weighted by atomic mass is 10.2. The number of hydrogen-bond donors (Lipinski definition) is 3. The minimum atomic E-state index is -0.314. The highest BCUT2D eigenvalue weighted by molar-refractivity contribution is 7.99. The van der Waals surface area contributed by atoms with Gasteiger partial charge in [-0.3, -0.25) is 4.79 Å². The van der Waals surface area contributed by atoms with E-state index in [4.69, 9.17) is 22.1 Å². The molecule has 0 bridgehead atoms. The van der Waals surface area contributed by atoms with Gasteiger partial charge in [0.15, 0.2) is 0 Å². The van der Waals surface area contributed by atoms with Crippen molar-refractivity contribution in [2.45, 2.75) is 24.5 Å². The number of nitrogen functional groups attached to an aromatic ring is 1. The fraction of sp³-hybridized carbons (Fsp3) is 0.238. The first-order valence-corrected chi connectivity index (χ1v) is 10.9. The van der Waals surface area contributed by atoms with E-state index in [-0.39, 0.29) is 17.1 Å². The molecule has 0 saturated carbocycles. The number of aromatic nitrogens is 3. The Morgan fingerprint density at radius 2 is 1.90 bits per heavy atom. The predicted molar refractivity (Wildman–Crippen MR) is 125 cm³/mol. The van der Waals surface area contributed by atoms with Crippen molar-refractivity contribution in [2.75, 3.05) is 18.2 Å². The zero-order valence-electron chi connectivity index (χ0n) is 17.1. The summed E-state index contributed by atoms with van der Waals surface area (Å²) in [4.78, 5) is 25.1. The first kappa shape index (κ1) is 22.6. The third-order valence-corrected chi connectivity index (χ3v) is 5.80. The zero-order chi connectivity index (χ0) is 22.2. The van der Waals surface area contributed by atoms with E-state index in [1.54, 1.807) is 13.2 Å². The number of carbonyl (C=O) groups excluding carboxylic acids is 1. The number of nitrogens with one attached hydrogen (secondary N) is 2. The lowest BCUT2D eigenvalue weighted by molar-refractivity contribution is -0.120. The van der Waals surface area contributed by atoms with Gasteiger partial charge in [-0.1, -0.05) is 41.9 Å². The molecule has 3 aromatic rings. The van der Waals surface area contributed by atoms with Crippen LogP contribution in [0.15, 0.2) is 48.5 Å². The van der Waals surface area contributed by atoms with Gasteiger partial charge in [0.2, 0.25) is 17.8 Å². The molecule has 1 aromatic heterocycles. The Kier molecular flexibility index (Phi) is 7.91. The summed E-state index contributed by atoms with van der Waals surface area (Å²) in [5, 5.41) is 6.30. The van der Waals surface area contributed by atoms with Crippen LogP contribution in [0.25, 0.3) is 0 Å². The van der Waals surface area contributed by atoms with E-state index in [1.807, 2.05) is 49.4 Å². The van der Waals surface area contributed by atoms with Crippen molar-refractivity contribution in [2.24, 2.45) is 0 Å². The van der Waals surface area contributed by atoms with Gasteiger partial charge in [-0.25, -0.2) is 0 Å². The number of methoxy groups -OCH3 is 1. The number of amides is 1. The highest BCUT2D eigenvalue weighted by Gasteiger charge is 2.15.